The van der Waals surface area contributed by atoms with Crippen molar-refractivity contribution in [2.24, 2.45) is 5.73 Å². The molecule has 18 heavy (non-hydrogen) atoms. The van der Waals surface area contributed by atoms with Crippen LogP contribution in [0.25, 0.3) is 0 Å². The van der Waals surface area contributed by atoms with E-state index in [0.717, 1.165) is 12.0 Å². The number of nitrogens with two attached hydrogens (primary N) is 1. The van der Waals surface area contributed by atoms with Crippen LogP contribution in [-0.2, 0) is 0 Å². The first kappa shape index (κ1) is 12.5. The van der Waals surface area contributed by atoms with Gasteiger partial charge >= 0.3 is 0 Å². The first-order valence-corrected chi connectivity index (χ1v) is 5.79. The van der Waals surface area contributed by atoms with E-state index in [1.54, 1.807) is 17.9 Å². The molecule has 1 saturated heterocycles. The minimum atomic E-state index is -0.494. The molecule has 0 radical (unpaired) electrons. The summed E-state index contributed by atoms with van der Waals surface area (Å²) < 4.78 is 0. The quantitative estimate of drug-likeness (QED) is 0.627. The van der Waals surface area contributed by atoms with Crippen LogP contribution in [0, 0.1) is 17.0 Å². The summed E-state index contributed by atoms with van der Waals surface area (Å²) in [6, 6.07) is 4.35. The molecule has 1 aromatic carbocycles. The highest BCUT2D eigenvalue weighted by molar-refractivity contribution is 5.96. The van der Waals surface area contributed by atoms with E-state index in [0.29, 0.717) is 18.7 Å². The third-order valence-electron chi connectivity index (χ3n) is 3.17. The van der Waals surface area contributed by atoms with Gasteiger partial charge in [-0.3, -0.25) is 14.9 Å². The summed E-state index contributed by atoms with van der Waals surface area (Å²) >= 11 is 0. The van der Waals surface area contributed by atoms with Gasteiger partial charge in [0.05, 0.1) is 4.92 Å². The SMILES string of the molecule is Cc1ccc([N+](=O)[O-])cc1C(=O)N1CC[C@H](N)C1. The van der Waals surface area contributed by atoms with Crippen LogP contribution >= 0.6 is 0 Å². The molecule has 1 amide bonds. The summed E-state index contributed by atoms with van der Waals surface area (Å²) in [6.45, 7) is 2.90. The third-order valence-corrected chi connectivity index (χ3v) is 3.17. The number of carbonyl (C=O) groups excluding carboxylic acids is 1. The lowest BCUT2D eigenvalue weighted by molar-refractivity contribution is -0.384. The van der Waals surface area contributed by atoms with Crippen LogP contribution in [0.2, 0.25) is 0 Å². The van der Waals surface area contributed by atoms with Crippen molar-refractivity contribution in [3.05, 3.63) is 39.4 Å². The fourth-order valence-electron chi connectivity index (χ4n) is 2.10. The molecule has 0 bridgehead atoms. The predicted molar refractivity (Wildman–Crippen MR) is 66.3 cm³/mol. The van der Waals surface area contributed by atoms with E-state index >= 15 is 0 Å². The lowest BCUT2D eigenvalue weighted by Gasteiger charge is -2.16. The van der Waals surface area contributed by atoms with Crippen LogP contribution in [0.15, 0.2) is 18.2 Å². The Morgan fingerprint density at radius 2 is 2.28 bits per heavy atom. The van der Waals surface area contributed by atoms with Gasteiger partial charge in [0.2, 0.25) is 0 Å². The summed E-state index contributed by atoms with van der Waals surface area (Å²) in [5.41, 5.74) is 6.82. The van der Waals surface area contributed by atoms with Gasteiger partial charge in [-0.15, -0.1) is 0 Å². The Morgan fingerprint density at radius 3 is 2.83 bits per heavy atom. The van der Waals surface area contributed by atoms with Crippen LogP contribution in [-0.4, -0.2) is 34.9 Å². The normalized spacial score (nSPS) is 19.0. The first-order valence-electron chi connectivity index (χ1n) is 5.79. The number of nitrogens with zero attached hydrogens (tertiary/aromatic N) is 2. The van der Waals surface area contributed by atoms with E-state index in [4.69, 9.17) is 5.73 Å². The summed E-state index contributed by atoms with van der Waals surface area (Å²) in [4.78, 5) is 24.1. The number of nitro benzene ring substituents is 1. The van der Waals surface area contributed by atoms with Gasteiger partial charge in [0.15, 0.2) is 0 Å². The second-order valence-corrected chi connectivity index (χ2v) is 4.56. The maximum absolute atomic E-state index is 12.2. The van der Waals surface area contributed by atoms with Crippen LogP contribution in [0.3, 0.4) is 0 Å². The van der Waals surface area contributed by atoms with Crippen molar-refractivity contribution >= 4 is 11.6 Å². The fourth-order valence-corrected chi connectivity index (χ4v) is 2.10. The Kier molecular flexibility index (Phi) is 3.29. The highest BCUT2D eigenvalue weighted by Gasteiger charge is 2.26. The summed E-state index contributed by atoms with van der Waals surface area (Å²) in [6.07, 6.45) is 0.777. The van der Waals surface area contributed by atoms with E-state index in [9.17, 15) is 14.9 Å². The molecule has 1 heterocycles. The van der Waals surface area contributed by atoms with Crippen molar-refractivity contribution in [1.82, 2.24) is 4.90 Å². The van der Waals surface area contributed by atoms with Crippen LogP contribution in [0.1, 0.15) is 22.3 Å². The maximum atomic E-state index is 12.2. The van der Waals surface area contributed by atoms with E-state index < -0.39 is 4.92 Å². The van der Waals surface area contributed by atoms with Gasteiger partial charge in [-0.05, 0) is 18.9 Å². The Hall–Kier alpha value is -1.95. The molecule has 1 fully saturated rings. The zero-order valence-corrected chi connectivity index (χ0v) is 10.1. The fraction of sp³-hybridized carbons (Fsp3) is 0.417. The molecule has 2 rings (SSSR count). The number of amides is 1. The van der Waals surface area contributed by atoms with Crippen molar-refractivity contribution < 1.29 is 9.72 Å². The predicted octanol–water partition coefficient (Wildman–Crippen LogP) is 1.08. The van der Waals surface area contributed by atoms with Gasteiger partial charge in [-0.1, -0.05) is 6.07 Å². The molecular weight excluding hydrogens is 234 g/mol. The van der Waals surface area contributed by atoms with E-state index in [-0.39, 0.29) is 17.6 Å². The molecule has 1 aliphatic heterocycles. The van der Waals surface area contributed by atoms with Gasteiger partial charge in [0, 0.05) is 36.8 Å². The number of hydrogen-bond acceptors (Lipinski definition) is 4. The number of rotatable bonds is 2. The Morgan fingerprint density at radius 1 is 1.56 bits per heavy atom. The number of aryl methyl sites for hydroxylation is 1. The maximum Gasteiger partial charge on any atom is 0.270 e. The molecule has 6 heteroatoms. The second kappa shape index (κ2) is 4.73. The average Bonchev–Trinajstić information content (AvgIpc) is 2.75. The molecule has 2 N–H and O–H groups in total. The number of nitro groups is 1. The van der Waals surface area contributed by atoms with Gasteiger partial charge in [-0.25, -0.2) is 0 Å². The monoisotopic (exact) mass is 249 g/mol. The smallest absolute Gasteiger partial charge is 0.270 e. The average molecular weight is 249 g/mol. The Balaban J connectivity index is 2.29. The number of hydrogen-bond donors (Lipinski definition) is 1. The highest BCUT2D eigenvalue weighted by Crippen LogP contribution is 2.20. The second-order valence-electron chi connectivity index (χ2n) is 4.56. The van der Waals surface area contributed by atoms with Gasteiger partial charge in [0.1, 0.15) is 0 Å². The van der Waals surface area contributed by atoms with Crippen molar-refractivity contribution in [2.45, 2.75) is 19.4 Å². The standard InChI is InChI=1S/C12H15N3O3/c1-8-2-3-10(15(17)18)6-11(8)12(16)14-5-4-9(13)7-14/h2-3,6,9H,4-5,7,13H2,1H3/t9-/m0/s1. The van der Waals surface area contributed by atoms with E-state index in [1.807, 2.05) is 0 Å². The summed E-state index contributed by atoms with van der Waals surface area (Å²) in [5.74, 6) is -0.177. The molecule has 0 aliphatic carbocycles. The van der Waals surface area contributed by atoms with Crippen molar-refractivity contribution in [2.75, 3.05) is 13.1 Å². The lowest BCUT2D eigenvalue weighted by atomic mass is 10.1. The highest BCUT2D eigenvalue weighted by atomic mass is 16.6. The molecule has 6 nitrogen and oxygen atoms in total. The lowest BCUT2D eigenvalue weighted by Crippen LogP contribution is -2.32. The number of carbonyl (C=O) groups is 1. The molecule has 0 spiro atoms. The van der Waals surface area contributed by atoms with Crippen molar-refractivity contribution in [1.29, 1.82) is 0 Å². The van der Waals surface area contributed by atoms with Crippen LogP contribution in [0.4, 0.5) is 5.69 Å². The van der Waals surface area contributed by atoms with Crippen LogP contribution in [0.5, 0.6) is 0 Å². The Bertz CT molecular complexity index is 501. The first-order chi connectivity index (χ1) is 8.49. The third kappa shape index (κ3) is 2.33. The molecule has 0 unspecified atom stereocenters. The van der Waals surface area contributed by atoms with E-state index in [1.165, 1.54) is 12.1 Å². The van der Waals surface area contributed by atoms with Crippen molar-refractivity contribution in [3.63, 3.8) is 0 Å². The zero-order valence-electron chi connectivity index (χ0n) is 10.1. The molecule has 1 aliphatic rings. The molecule has 0 saturated carbocycles. The number of likely N-dealkylation sites (tertiary alicyclic amines) is 1. The molecule has 1 atom stereocenters. The molecule has 0 aromatic heterocycles. The van der Waals surface area contributed by atoms with Crippen LogP contribution < -0.4 is 5.73 Å². The number of benzene rings is 1. The van der Waals surface area contributed by atoms with Crippen molar-refractivity contribution in [3.8, 4) is 0 Å². The number of non-ortho nitro benzene ring substituents is 1. The van der Waals surface area contributed by atoms with Gasteiger partial charge in [0.25, 0.3) is 11.6 Å². The minimum Gasteiger partial charge on any atom is -0.337 e. The van der Waals surface area contributed by atoms with Gasteiger partial charge < -0.3 is 10.6 Å². The summed E-state index contributed by atoms with van der Waals surface area (Å²) in [5, 5.41) is 10.7. The molecule has 1 aromatic rings. The minimum absolute atomic E-state index is 0.00736. The van der Waals surface area contributed by atoms with Gasteiger partial charge in [-0.2, -0.15) is 0 Å². The largest absolute Gasteiger partial charge is 0.337 e. The molecular formula is C12H15N3O3. The zero-order chi connectivity index (χ0) is 13.3. The summed E-state index contributed by atoms with van der Waals surface area (Å²) in [7, 11) is 0. The van der Waals surface area contributed by atoms with E-state index in [2.05, 4.69) is 0 Å². The molecule has 96 valence electrons. The Labute approximate surface area is 105 Å². The topological polar surface area (TPSA) is 89.5 Å².